The molecule has 0 saturated heterocycles. The fraction of sp³-hybridized carbons (Fsp3) is 0.889. The lowest BCUT2D eigenvalue weighted by Gasteiger charge is -2.10. The van der Waals surface area contributed by atoms with Crippen LogP contribution in [0.15, 0.2) is 4.99 Å². The number of nitrogens with zero attached hydrogens (tertiary/aromatic N) is 1. The van der Waals surface area contributed by atoms with Crippen molar-refractivity contribution >= 4 is 5.84 Å². The molecule has 0 amide bonds. The van der Waals surface area contributed by atoms with Crippen molar-refractivity contribution in [2.24, 2.45) is 10.8 Å². The molecule has 0 aliphatic carbocycles. The summed E-state index contributed by atoms with van der Waals surface area (Å²) in [5.41, 5.74) is 2.61. The summed E-state index contributed by atoms with van der Waals surface area (Å²) in [6, 6.07) is 0. The Balaban J connectivity index is 3.71. The van der Waals surface area contributed by atoms with Crippen LogP contribution >= 0.6 is 0 Å². The molecule has 0 aliphatic rings. The molecule has 0 heterocycles. The molecule has 0 aromatic rings. The van der Waals surface area contributed by atoms with Gasteiger partial charge >= 0.3 is 0 Å². The zero-order valence-corrected chi connectivity index (χ0v) is 8.84. The van der Waals surface area contributed by atoms with Crippen molar-refractivity contribution in [2.75, 3.05) is 13.7 Å². The monoisotopic (exact) mass is 187 g/mol. The second-order valence-corrected chi connectivity index (χ2v) is 3.06. The van der Waals surface area contributed by atoms with E-state index in [0.717, 1.165) is 31.6 Å². The number of hydrazine groups is 1. The second kappa shape index (κ2) is 8.01. The van der Waals surface area contributed by atoms with Gasteiger partial charge in [0, 0.05) is 20.1 Å². The topological polar surface area (TPSA) is 59.6 Å². The number of rotatable bonds is 6. The minimum atomic E-state index is 0.264. The molecule has 13 heavy (non-hydrogen) atoms. The average molecular weight is 187 g/mol. The van der Waals surface area contributed by atoms with Gasteiger partial charge in [0.25, 0.3) is 0 Å². The molecule has 1 atom stereocenters. The summed E-state index contributed by atoms with van der Waals surface area (Å²) in [6.45, 7) is 4.96. The lowest BCUT2D eigenvalue weighted by Crippen LogP contribution is -2.31. The van der Waals surface area contributed by atoms with Crippen molar-refractivity contribution in [2.45, 2.75) is 39.2 Å². The molecule has 0 aliphatic heterocycles. The van der Waals surface area contributed by atoms with Crippen LogP contribution < -0.4 is 11.3 Å². The number of methoxy groups -OCH3 is 1. The first kappa shape index (κ1) is 12.4. The van der Waals surface area contributed by atoms with E-state index >= 15 is 0 Å². The number of ether oxygens (including phenoxy) is 1. The van der Waals surface area contributed by atoms with Crippen molar-refractivity contribution in [3.05, 3.63) is 0 Å². The highest BCUT2D eigenvalue weighted by Crippen LogP contribution is 2.00. The van der Waals surface area contributed by atoms with E-state index in [1.165, 1.54) is 0 Å². The smallest absolute Gasteiger partial charge is 0.110 e. The lowest BCUT2D eigenvalue weighted by molar-refractivity contribution is 0.112. The predicted molar refractivity (Wildman–Crippen MR) is 55.6 cm³/mol. The second-order valence-electron chi connectivity index (χ2n) is 3.06. The number of nitrogens with two attached hydrogens (primary N) is 1. The van der Waals surface area contributed by atoms with Crippen LogP contribution in [0.3, 0.4) is 0 Å². The van der Waals surface area contributed by atoms with Gasteiger partial charge in [0.15, 0.2) is 0 Å². The molecule has 0 rings (SSSR count). The van der Waals surface area contributed by atoms with Gasteiger partial charge in [-0.2, -0.15) is 0 Å². The maximum absolute atomic E-state index is 5.32. The van der Waals surface area contributed by atoms with Crippen LogP contribution in [0.4, 0.5) is 0 Å². The summed E-state index contributed by atoms with van der Waals surface area (Å²) >= 11 is 0. The van der Waals surface area contributed by atoms with Crippen LogP contribution in [-0.4, -0.2) is 25.6 Å². The van der Waals surface area contributed by atoms with E-state index in [9.17, 15) is 0 Å². The van der Waals surface area contributed by atoms with Crippen molar-refractivity contribution < 1.29 is 4.74 Å². The van der Waals surface area contributed by atoms with Gasteiger partial charge in [0.05, 0.1) is 6.10 Å². The lowest BCUT2D eigenvalue weighted by atomic mass is 10.2. The first-order valence-corrected chi connectivity index (χ1v) is 4.77. The van der Waals surface area contributed by atoms with Gasteiger partial charge in [0.2, 0.25) is 0 Å². The van der Waals surface area contributed by atoms with Crippen LogP contribution in [0.25, 0.3) is 0 Å². The molecule has 0 bridgehead atoms. The largest absolute Gasteiger partial charge is 0.382 e. The molecule has 1 unspecified atom stereocenters. The zero-order valence-electron chi connectivity index (χ0n) is 8.84. The summed E-state index contributed by atoms with van der Waals surface area (Å²) in [6.07, 6.45) is 3.11. The molecular formula is C9H21N3O. The molecule has 0 aromatic heterocycles. The van der Waals surface area contributed by atoms with E-state index in [-0.39, 0.29) is 6.10 Å². The average Bonchev–Trinajstić information content (AvgIpc) is 2.17. The van der Waals surface area contributed by atoms with E-state index in [4.69, 9.17) is 10.6 Å². The van der Waals surface area contributed by atoms with Gasteiger partial charge in [-0.25, -0.2) is 5.84 Å². The van der Waals surface area contributed by atoms with E-state index in [0.29, 0.717) is 0 Å². The van der Waals surface area contributed by atoms with Crippen molar-refractivity contribution in [1.82, 2.24) is 5.43 Å². The molecule has 4 nitrogen and oxygen atoms in total. The van der Waals surface area contributed by atoms with Crippen molar-refractivity contribution in [3.8, 4) is 0 Å². The molecule has 0 aromatic carbocycles. The number of hydrogen-bond acceptors (Lipinski definition) is 3. The Hall–Kier alpha value is -0.610. The van der Waals surface area contributed by atoms with E-state index in [2.05, 4.69) is 17.3 Å². The van der Waals surface area contributed by atoms with Crippen molar-refractivity contribution in [3.63, 3.8) is 0 Å². The van der Waals surface area contributed by atoms with Gasteiger partial charge < -0.3 is 10.2 Å². The maximum atomic E-state index is 5.32. The first-order chi connectivity index (χ1) is 6.24. The molecule has 0 saturated carbocycles. The fourth-order valence-electron chi connectivity index (χ4n) is 0.901. The Bertz CT molecular complexity index is 148. The maximum Gasteiger partial charge on any atom is 0.110 e. The van der Waals surface area contributed by atoms with Crippen molar-refractivity contribution in [1.29, 1.82) is 0 Å². The number of amidine groups is 1. The highest BCUT2D eigenvalue weighted by atomic mass is 16.5. The molecule has 0 spiro atoms. The predicted octanol–water partition coefficient (Wildman–Crippen LogP) is 1.07. The summed E-state index contributed by atoms with van der Waals surface area (Å²) in [4.78, 5) is 4.29. The molecule has 0 fully saturated rings. The number of hydrogen-bond donors (Lipinski definition) is 2. The Morgan fingerprint density at radius 2 is 2.31 bits per heavy atom. The van der Waals surface area contributed by atoms with Gasteiger partial charge in [-0.3, -0.25) is 4.99 Å². The third-order valence-corrected chi connectivity index (χ3v) is 1.88. The van der Waals surface area contributed by atoms with Gasteiger partial charge in [-0.15, -0.1) is 0 Å². The Morgan fingerprint density at radius 3 is 2.77 bits per heavy atom. The SMILES string of the molecule is CCCN=C(CCC(C)OC)NN. The van der Waals surface area contributed by atoms with Crippen LogP contribution in [0.5, 0.6) is 0 Å². The van der Waals surface area contributed by atoms with E-state index in [1.807, 2.05) is 6.92 Å². The van der Waals surface area contributed by atoms with Crippen LogP contribution in [0.1, 0.15) is 33.1 Å². The minimum Gasteiger partial charge on any atom is -0.382 e. The van der Waals surface area contributed by atoms with Crippen LogP contribution in [0, 0.1) is 0 Å². The van der Waals surface area contributed by atoms with E-state index < -0.39 is 0 Å². The van der Waals surface area contributed by atoms with Gasteiger partial charge in [-0.05, 0) is 19.8 Å². The number of aliphatic imine (C=N–C) groups is 1. The molecule has 3 N–H and O–H groups in total. The zero-order chi connectivity index (χ0) is 10.1. The third kappa shape index (κ3) is 6.54. The fourth-order valence-corrected chi connectivity index (χ4v) is 0.901. The minimum absolute atomic E-state index is 0.264. The Labute approximate surface area is 80.5 Å². The summed E-state index contributed by atoms with van der Waals surface area (Å²) in [7, 11) is 1.71. The molecule has 0 radical (unpaired) electrons. The van der Waals surface area contributed by atoms with Crippen LogP contribution in [-0.2, 0) is 4.74 Å². The summed E-state index contributed by atoms with van der Waals surface area (Å²) in [5, 5.41) is 0. The standard InChI is InChI=1S/C9H21N3O/c1-4-7-11-9(12-10)6-5-8(2)13-3/h8H,4-7,10H2,1-3H3,(H,11,12). The quantitative estimate of drug-likeness (QED) is 0.283. The third-order valence-electron chi connectivity index (χ3n) is 1.88. The molecule has 78 valence electrons. The summed E-state index contributed by atoms with van der Waals surface area (Å²) < 4.78 is 5.13. The molecular weight excluding hydrogens is 166 g/mol. The van der Waals surface area contributed by atoms with E-state index in [1.54, 1.807) is 7.11 Å². The number of nitrogens with one attached hydrogen (secondary N) is 1. The Morgan fingerprint density at radius 1 is 1.62 bits per heavy atom. The highest BCUT2D eigenvalue weighted by molar-refractivity contribution is 5.81. The Kier molecular flexibility index (Phi) is 7.63. The van der Waals surface area contributed by atoms with Gasteiger partial charge in [0.1, 0.15) is 5.84 Å². The highest BCUT2D eigenvalue weighted by Gasteiger charge is 2.02. The first-order valence-electron chi connectivity index (χ1n) is 4.77. The van der Waals surface area contributed by atoms with Crippen LogP contribution in [0.2, 0.25) is 0 Å². The molecule has 4 heteroatoms. The summed E-state index contributed by atoms with van der Waals surface area (Å²) in [5.74, 6) is 6.19. The van der Waals surface area contributed by atoms with Gasteiger partial charge in [-0.1, -0.05) is 6.92 Å². The normalized spacial score (nSPS) is 14.3.